The molecule has 1 aromatic heterocycles. The Hall–Kier alpha value is -3.67. The molecule has 12 heteroatoms. The first kappa shape index (κ1) is 31.3. The van der Waals surface area contributed by atoms with E-state index in [1.165, 1.54) is 45.3 Å². The minimum absolute atomic E-state index is 0.0140. The van der Waals surface area contributed by atoms with Crippen molar-refractivity contribution >= 4 is 17.4 Å². The summed E-state index contributed by atoms with van der Waals surface area (Å²) in [5, 5.41) is 13.4. The van der Waals surface area contributed by atoms with Crippen molar-refractivity contribution in [1.82, 2.24) is 4.98 Å². The Morgan fingerprint density at radius 3 is 2.05 bits per heavy atom. The molecule has 42 heavy (non-hydrogen) atoms. The number of aliphatic hydroxyl groups is 1. The fourth-order valence-electron chi connectivity index (χ4n) is 5.21. The molecule has 1 aliphatic carbocycles. The van der Waals surface area contributed by atoms with Crippen LogP contribution in [0, 0.1) is 12.7 Å². The number of rotatable bonds is 6. The molecule has 0 spiro atoms. The highest BCUT2D eigenvalue weighted by Gasteiger charge is 2.41. The number of carbonyl (C=O) groups is 1. The molecule has 1 saturated carbocycles. The molecule has 2 unspecified atom stereocenters. The summed E-state index contributed by atoms with van der Waals surface area (Å²) in [4.78, 5) is 19.3. The largest absolute Gasteiger partial charge is 0.416 e. The van der Waals surface area contributed by atoms with Crippen LogP contribution in [0.25, 0.3) is 11.1 Å². The lowest BCUT2D eigenvalue weighted by atomic mass is 9.81. The number of carbonyl (C=O) groups excluding carboxylic acids is 1. The van der Waals surface area contributed by atoms with Crippen molar-refractivity contribution in [2.24, 2.45) is 0 Å². The maximum atomic E-state index is 13.9. The van der Waals surface area contributed by atoms with Gasteiger partial charge in [0.25, 0.3) is 0 Å². The smallest absolute Gasteiger partial charge is 0.391 e. The van der Waals surface area contributed by atoms with Gasteiger partial charge in [0.1, 0.15) is 11.6 Å². The predicted octanol–water partition coefficient (Wildman–Crippen LogP) is 7.50. The molecule has 1 fully saturated rings. The SMILES string of the molecule is Cc1cc(F)ccc1-c1cc(NC2CCCC2O)ncc1N(C)C(=O)C(C)(C)c1cc(C(F)(F)F)cc(C(F)(F)F)c1. The maximum absolute atomic E-state index is 13.9. The summed E-state index contributed by atoms with van der Waals surface area (Å²) in [7, 11) is 1.34. The third-order valence-corrected chi connectivity index (χ3v) is 7.68. The normalized spacial score (nSPS) is 17.8. The Morgan fingerprint density at radius 1 is 0.929 bits per heavy atom. The summed E-state index contributed by atoms with van der Waals surface area (Å²) in [6.45, 7) is 4.15. The first-order chi connectivity index (χ1) is 19.4. The highest BCUT2D eigenvalue weighted by atomic mass is 19.4. The van der Waals surface area contributed by atoms with Crippen LogP contribution in [0.1, 0.15) is 55.4 Å². The summed E-state index contributed by atoms with van der Waals surface area (Å²) in [5.74, 6) is -0.921. The van der Waals surface area contributed by atoms with E-state index >= 15 is 0 Å². The fourth-order valence-corrected chi connectivity index (χ4v) is 5.21. The second-order valence-electron chi connectivity index (χ2n) is 11.1. The lowest BCUT2D eigenvalue weighted by Crippen LogP contribution is -2.42. The molecular formula is C30H30F7N3O2. The zero-order chi connectivity index (χ0) is 31.2. The Morgan fingerprint density at radius 2 is 1.52 bits per heavy atom. The Labute approximate surface area is 238 Å². The van der Waals surface area contributed by atoms with Crippen LogP contribution in [0.4, 0.5) is 42.2 Å². The zero-order valence-corrected chi connectivity index (χ0v) is 23.3. The number of likely N-dealkylation sites (N-methyl/N-ethyl adjacent to an activating group) is 1. The van der Waals surface area contributed by atoms with Crippen LogP contribution in [0.2, 0.25) is 0 Å². The van der Waals surface area contributed by atoms with Gasteiger partial charge in [-0.05, 0) is 93.1 Å². The molecule has 226 valence electrons. The molecular weight excluding hydrogens is 567 g/mol. The molecule has 0 saturated heterocycles. The zero-order valence-electron chi connectivity index (χ0n) is 23.3. The second kappa shape index (κ2) is 11.2. The van der Waals surface area contributed by atoms with Crippen LogP contribution in [0.5, 0.6) is 0 Å². The molecule has 0 radical (unpaired) electrons. The van der Waals surface area contributed by atoms with Crippen LogP contribution in [0.15, 0.2) is 48.7 Å². The number of nitrogens with zero attached hydrogens (tertiary/aromatic N) is 2. The summed E-state index contributed by atoms with van der Waals surface area (Å²) in [5.41, 5.74) is -3.69. The predicted molar refractivity (Wildman–Crippen MR) is 145 cm³/mol. The maximum Gasteiger partial charge on any atom is 0.416 e. The minimum Gasteiger partial charge on any atom is -0.391 e. The second-order valence-corrected chi connectivity index (χ2v) is 11.1. The third kappa shape index (κ3) is 6.38. The molecule has 2 atom stereocenters. The monoisotopic (exact) mass is 597 g/mol. The minimum atomic E-state index is -5.08. The highest BCUT2D eigenvalue weighted by Crippen LogP contribution is 2.41. The van der Waals surface area contributed by atoms with Gasteiger partial charge in [-0.25, -0.2) is 9.37 Å². The van der Waals surface area contributed by atoms with Crippen LogP contribution >= 0.6 is 0 Å². The molecule has 3 aromatic rings. The molecule has 5 nitrogen and oxygen atoms in total. The molecule has 2 N–H and O–H groups in total. The van der Waals surface area contributed by atoms with Crippen molar-refractivity contribution in [3.63, 3.8) is 0 Å². The average Bonchev–Trinajstić information content (AvgIpc) is 3.30. The number of hydrogen-bond donors (Lipinski definition) is 2. The van der Waals surface area contributed by atoms with E-state index in [-0.39, 0.29) is 17.8 Å². The number of aryl methyl sites for hydroxylation is 1. The fraction of sp³-hybridized carbons (Fsp3) is 0.400. The molecule has 1 aliphatic rings. The number of benzene rings is 2. The van der Waals surface area contributed by atoms with Crippen LogP contribution in [-0.4, -0.2) is 35.2 Å². The lowest BCUT2D eigenvalue weighted by Gasteiger charge is -2.32. The van der Waals surface area contributed by atoms with Gasteiger partial charge < -0.3 is 15.3 Å². The number of pyridine rings is 1. The van der Waals surface area contributed by atoms with Crippen LogP contribution in [0.3, 0.4) is 0 Å². The molecule has 0 bridgehead atoms. The van der Waals surface area contributed by atoms with Gasteiger partial charge in [-0.3, -0.25) is 4.79 Å². The number of hydrogen-bond acceptors (Lipinski definition) is 4. The van der Waals surface area contributed by atoms with Gasteiger partial charge >= 0.3 is 12.4 Å². The number of halogens is 7. The third-order valence-electron chi connectivity index (χ3n) is 7.68. The Balaban J connectivity index is 1.79. The summed E-state index contributed by atoms with van der Waals surface area (Å²) in [6.07, 6.45) is -7.23. The van der Waals surface area contributed by atoms with Crippen molar-refractivity contribution in [3.05, 3.63) is 76.7 Å². The van der Waals surface area contributed by atoms with Crippen molar-refractivity contribution in [2.45, 2.75) is 69.9 Å². The molecule has 1 amide bonds. The highest BCUT2D eigenvalue weighted by molar-refractivity contribution is 6.03. The topological polar surface area (TPSA) is 65.5 Å². The number of alkyl halides is 6. The first-order valence-corrected chi connectivity index (χ1v) is 13.2. The summed E-state index contributed by atoms with van der Waals surface area (Å²) >= 11 is 0. The van der Waals surface area contributed by atoms with Crippen molar-refractivity contribution < 1.29 is 40.6 Å². The molecule has 4 rings (SSSR count). The molecule has 1 heterocycles. The van der Waals surface area contributed by atoms with Gasteiger partial charge in [-0.1, -0.05) is 6.07 Å². The average molecular weight is 598 g/mol. The Bertz CT molecular complexity index is 1450. The molecule has 0 aliphatic heterocycles. The van der Waals surface area contributed by atoms with Gasteiger partial charge in [-0.2, -0.15) is 26.3 Å². The van der Waals surface area contributed by atoms with Crippen molar-refractivity contribution in [2.75, 3.05) is 17.3 Å². The van der Waals surface area contributed by atoms with Gasteiger partial charge in [0.15, 0.2) is 0 Å². The van der Waals surface area contributed by atoms with Crippen LogP contribution < -0.4 is 10.2 Å². The van der Waals surface area contributed by atoms with Gasteiger partial charge in [0.2, 0.25) is 5.91 Å². The van der Waals surface area contributed by atoms with Crippen LogP contribution in [-0.2, 0) is 22.6 Å². The van der Waals surface area contributed by atoms with Gasteiger partial charge in [-0.15, -0.1) is 0 Å². The van der Waals surface area contributed by atoms with Crippen molar-refractivity contribution in [1.29, 1.82) is 0 Å². The number of aliphatic hydroxyl groups excluding tert-OH is 1. The van der Waals surface area contributed by atoms with E-state index in [0.29, 0.717) is 47.5 Å². The summed E-state index contributed by atoms with van der Waals surface area (Å²) < 4.78 is 95.2. The van der Waals surface area contributed by atoms with E-state index in [9.17, 15) is 40.6 Å². The number of amides is 1. The number of aromatic nitrogens is 1. The van der Waals surface area contributed by atoms with E-state index in [0.717, 1.165) is 11.3 Å². The summed E-state index contributed by atoms with van der Waals surface area (Å²) in [6, 6.07) is 6.49. The quantitative estimate of drug-likeness (QED) is 0.289. The molecule has 2 aromatic carbocycles. The lowest BCUT2D eigenvalue weighted by molar-refractivity contribution is -0.143. The number of anilines is 2. The van der Waals surface area contributed by atoms with E-state index in [4.69, 9.17) is 0 Å². The van der Waals surface area contributed by atoms with E-state index in [2.05, 4.69) is 10.3 Å². The Kier molecular flexibility index (Phi) is 8.34. The first-order valence-electron chi connectivity index (χ1n) is 13.2. The van der Waals surface area contributed by atoms with E-state index in [1.807, 2.05) is 0 Å². The van der Waals surface area contributed by atoms with Gasteiger partial charge in [0, 0.05) is 12.6 Å². The van der Waals surface area contributed by atoms with Gasteiger partial charge in [0.05, 0.1) is 40.6 Å². The van der Waals surface area contributed by atoms with E-state index in [1.54, 1.807) is 13.0 Å². The number of nitrogens with one attached hydrogen (secondary N) is 1. The van der Waals surface area contributed by atoms with E-state index < -0.39 is 52.3 Å². The standard InChI is InChI=1S/C30H30F7N3O2/c1-16-10-20(31)8-9-21(16)22-14-26(39-23-6-5-7-25(23)41)38-15-24(22)40(4)27(42)28(2,3)17-11-18(29(32,33)34)13-19(12-17)30(35,36)37/h8-15,23,25,41H,5-7H2,1-4H3,(H,38,39). The van der Waals surface area contributed by atoms with Crippen molar-refractivity contribution in [3.8, 4) is 11.1 Å².